The number of pyridine rings is 2. The number of ketones is 1. The molecule has 3 aromatic rings. The number of aliphatic hydroxyl groups is 1. The minimum absolute atomic E-state index is 0.00772. The Morgan fingerprint density at radius 3 is 2.84 bits per heavy atom. The second kappa shape index (κ2) is 7.08. The van der Waals surface area contributed by atoms with Gasteiger partial charge in [-0.15, -0.1) is 0 Å². The van der Waals surface area contributed by atoms with Crippen molar-refractivity contribution in [1.82, 2.24) is 9.55 Å². The summed E-state index contributed by atoms with van der Waals surface area (Å²) in [6, 6.07) is 8.80. The number of rotatable bonds is 4. The van der Waals surface area contributed by atoms with Crippen molar-refractivity contribution in [3.8, 4) is 11.4 Å². The molecule has 4 heterocycles. The number of fused-ring (bicyclic) bond motifs is 5. The average Bonchev–Trinajstić information content (AvgIpc) is 3.12. The number of ether oxygens (including phenoxy) is 1. The summed E-state index contributed by atoms with van der Waals surface area (Å²) in [6.45, 7) is 3.34. The average molecular weight is 433 g/mol. The molecule has 1 unspecified atom stereocenters. The Morgan fingerprint density at radius 2 is 2.12 bits per heavy atom. The van der Waals surface area contributed by atoms with Crippen molar-refractivity contribution in [2.24, 2.45) is 5.73 Å². The van der Waals surface area contributed by atoms with Gasteiger partial charge in [-0.25, -0.2) is 9.78 Å². The Hall–Kier alpha value is -3.36. The second-order valence-electron chi connectivity index (χ2n) is 8.53. The summed E-state index contributed by atoms with van der Waals surface area (Å²) in [5.41, 5.74) is 8.27. The molecule has 0 saturated carbocycles. The van der Waals surface area contributed by atoms with Crippen LogP contribution in [0.2, 0.25) is 0 Å². The maximum absolute atomic E-state index is 13.2. The summed E-state index contributed by atoms with van der Waals surface area (Å²) >= 11 is 0. The quantitative estimate of drug-likeness (QED) is 0.472. The van der Waals surface area contributed by atoms with Gasteiger partial charge in [0.2, 0.25) is 0 Å². The number of cyclic esters (lactones) is 1. The third-order valence-electron chi connectivity index (χ3n) is 6.49. The van der Waals surface area contributed by atoms with E-state index >= 15 is 0 Å². The molecule has 2 aliphatic heterocycles. The molecule has 0 aliphatic carbocycles. The zero-order valence-electron chi connectivity index (χ0n) is 17.8. The Labute approximate surface area is 183 Å². The van der Waals surface area contributed by atoms with Gasteiger partial charge >= 0.3 is 5.97 Å². The van der Waals surface area contributed by atoms with E-state index in [1.54, 1.807) is 17.6 Å². The van der Waals surface area contributed by atoms with Gasteiger partial charge in [-0.1, -0.05) is 19.1 Å². The molecule has 0 amide bonds. The van der Waals surface area contributed by atoms with Crippen LogP contribution in [-0.4, -0.2) is 26.4 Å². The number of benzene rings is 1. The van der Waals surface area contributed by atoms with Crippen LogP contribution in [0.4, 0.5) is 0 Å². The second-order valence-corrected chi connectivity index (χ2v) is 8.53. The third-order valence-corrected chi connectivity index (χ3v) is 6.49. The van der Waals surface area contributed by atoms with Gasteiger partial charge in [-0.3, -0.25) is 9.59 Å². The molecule has 0 bridgehead atoms. The van der Waals surface area contributed by atoms with E-state index in [2.05, 4.69) is 0 Å². The maximum Gasteiger partial charge on any atom is 0.343 e. The fourth-order valence-electron chi connectivity index (χ4n) is 4.77. The van der Waals surface area contributed by atoms with Gasteiger partial charge in [-0.05, 0) is 37.1 Å². The van der Waals surface area contributed by atoms with Crippen LogP contribution in [0.25, 0.3) is 22.3 Å². The molecule has 3 N–H and O–H groups in total. The lowest BCUT2D eigenvalue weighted by atomic mass is 9.86. The van der Waals surface area contributed by atoms with E-state index in [0.29, 0.717) is 34.6 Å². The number of carbonyl (C=O) groups excluding carboxylic acids is 2. The van der Waals surface area contributed by atoms with Crippen molar-refractivity contribution >= 4 is 22.7 Å². The van der Waals surface area contributed by atoms with Gasteiger partial charge in [0.15, 0.2) is 5.60 Å². The number of hydrogen-bond donors (Lipinski definition) is 2. The zero-order valence-corrected chi connectivity index (χ0v) is 17.8. The molecule has 1 aromatic carbocycles. The zero-order chi connectivity index (χ0) is 22.8. The van der Waals surface area contributed by atoms with Crippen molar-refractivity contribution in [3.63, 3.8) is 0 Å². The first-order valence-electron chi connectivity index (χ1n) is 10.6. The number of esters is 1. The van der Waals surface area contributed by atoms with Gasteiger partial charge in [-0.2, -0.15) is 0 Å². The molecule has 8 heteroatoms. The monoisotopic (exact) mass is 433 g/mol. The number of Topliss-reactive ketones (excluding diaryl/α,β-unsaturated/α-hetero) is 1. The molecule has 2 aromatic heterocycles. The van der Waals surface area contributed by atoms with Crippen LogP contribution in [0.15, 0.2) is 35.1 Å². The summed E-state index contributed by atoms with van der Waals surface area (Å²) < 4.78 is 6.70. The number of nitrogens with zero attached hydrogens (tertiary/aromatic N) is 2. The van der Waals surface area contributed by atoms with Crippen molar-refractivity contribution in [2.45, 2.75) is 51.5 Å². The molecule has 164 valence electrons. The number of carbonyl (C=O) groups is 2. The van der Waals surface area contributed by atoms with Crippen LogP contribution in [0.5, 0.6) is 0 Å². The molecule has 5 rings (SSSR count). The van der Waals surface area contributed by atoms with E-state index in [1.165, 1.54) is 6.92 Å². The molecule has 2 atom stereocenters. The fraction of sp³-hybridized carbons (Fsp3) is 0.333. The number of nitrogens with two attached hydrogens (primary N) is 1. The van der Waals surface area contributed by atoms with E-state index in [0.717, 1.165) is 16.5 Å². The van der Waals surface area contributed by atoms with Crippen molar-refractivity contribution in [2.75, 3.05) is 0 Å². The van der Waals surface area contributed by atoms with E-state index in [1.807, 2.05) is 24.3 Å². The van der Waals surface area contributed by atoms with Crippen molar-refractivity contribution in [1.29, 1.82) is 0 Å². The fourth-order valence-corrected chi connectivity index (χ4v) is 4.77. The molecule has 8 nitrogen and oxygen atoms in total. The summed E-state index contributed by atoms with van der Waals surface area (Å²) in [5.74, 6) is -0.737. The first-order valence-corrected chi connectivity index (χ1v) is 10.6. The SMILES string of the molecule is CC[C@@]1(O)C(=O)OCc2c1cc1n(c2=O)Cc2cc3c(C(N)CC(C)=O)cccc3nc2-1. The minimum Gasteiger partial charge on any atom is -0.458 e. The van der Waals surface area contributed by atoms with Gasteiger partial charge in [0.05, 0.1) is 29.0 Å². The van der Waals surface area contributed by atoms with Crippen molar-refractivity contribution in [3.05, 3.63) is 62.9 Å². The minimum atomic E-state index is -1.85. The highest BCUT2D eigenvalue weighted by atomic mass is 16.6. The van der Waals surface area contributed by atoms with Crippen LogP contribution in [0, 0.1) is 0 Å². The predicted octanol–water partition coefficient (Wildman–Crippen LogP) is 2.06. The van der Waals surface area contributed by atoms with Crippen LogP contribution in [-0.2, 0) is 33.1 Å². The van der Waals surface area contributed by atoms with Crippen molar-refractivity contribution < 1.29 is 19.4 Å². The Bertz CT molecular complexity index is 1380. The summed E-state index contributed by atoms with van der Waals surface area (Å²) in [5, 5.41) is 11.8. The van der Waals surface area contributed by atoms with Gasteiger partial charge in [0, 0.05) is 29.0 Å². The van der Waals surface area contributed by atoms with Gasteiger partial charge in [0.1, 0.15) is 12.4 Å². The largest absolute Gasteiger partial charge is 0.458 e. The van der Waals surface area contributed by atoms with Gasteiger partial charge in [0.25, 0.3) is 5.56 Å². The number of hydrogen-bond acceptors (Lipinski definition) is 7. The first kappa shape index (κ1) is 20.5. The van der Waals surface area contributed by atoms with Gasteiger partial charge < -0.3 is 20.1 Å². The molecule has 0 fully saturated rings. The lowest BCUT2D eigenvalue weighted by Crippen LogP contribution is -2.44. The normalized spacial score (nSPS) is 19.8. The van der Waals surface area contributed by atoms with Crippen LogP contribution >= 0.6 is 0 Å². The molecular weight excluding hydrogens is 410 g/mol. The first-order chi connectivity index (χ1) is 15.2. The van der Waals surface area contributed by atoms with E-state index < -0.39 is 17.6 Å². The predicted molar refractivity (Wildman–Crippen MR) is 117 cm³/mol. The lowest BCUT2D eigenvalue weighted by molar-refractivity contribution is -0.172. The van der Waals surface area contributed by atoms with Crippen LogP contribution < -0.4 is 11.3 Å². The standard InChI is InChI=1S/C24H23N3O5/c1-3-24(31)17-9-20-21-13(10-27(20)22(29)16(17)11-32-23(24)30)8-15-14(18(25)7-12(2)28)5-4-6-19(15)26-21/h4-6,8-9,18,31H,3,7,10-11,25H2,1-2H3/t18?,24-/m0/s1. The smallest absolute Gasteiger partial charge is 0.343 e. The third kappa shape index (κ3) is 2.83. The highest BCUT2D eigenvalue weighted by Crippen LogP contribution is 2.39. The summed E-state index contributed by atoms with van der Waals surface area (Å²) in [6.07, 6.45) is 0.323. The van der Waals surface area contributed by atoms with Crippen LogP contribution in [0.1, 0.15) is 55.0 Å². The Morgan fingerprint density at radius 1 is 1.34 bits per heavy atom. The topological polar surface area (TPSA) is 125 Å². The van der Waals surface area contributed by atoms with E-state index in [4.69, 9.17) is 15.5 Å². The molecule has 0 spiro atoms. The summed E-state index contributed by atoms with van der Waals surface area (Å²) in [7, 11) is 0. The lowest BCUT2D eigenvalue weighted by Gasteiger charge is -2.31. The highest BCUT2D eigenvalue weighted by Gasteiger charge is 2.45. The van der Waals surface area contributed by atoms with E-state index in [-0.39, 0.29) is 30.8 Å². The maximum atomic E-state index is 13.2. The van der Waals surface area contributed by atoms with E-state index in [9.17, 15) is 19.5 Å². The summed E-state index contributed by atoms with van der Waals surface area (Å²) in [4.78, 5) is 41.9. The molecule has 0 saturated heterocycles. The Balaban J connectivity index is 1.71. The number of aromatic nitrogens is 2. The molecule has 2 aliphatic rings. The molecule has 32 heavy (non-hydrogen) atoms. The molecular formula is C24H23N3O5. The molecule has 0 radical (unpaired) electrons. The highest BCUT2D eigenvalue weighted by molar-refractivity contribution is 5.89. The van der Waals surface area contributed by atoms with Crippen LogP contribution in [0.3, 0.4) is 0 Å². The Kier molecular flexibility index (Phi) is 4.54.